The minimum atomic E-state index is -3.10. The standard InChI is InChI=1S/C13H17O2S/c1-2-16(14,15)13-10-6-5-9-12(13)11-7-3-4-8-11/h5-6,10-11H,2-4,7-8H2,1H3. The molecule has 1 saturated carbocycles. The van der Waals surface area contributed by atoms with Gasteiger partial charge in [-0.3, -0.25) is 0 Å². The molecule has 2 nitrogen and oxygen atoms in total. The summed E-state index contributed by atoms with van der Waals surface area (Å²) >= 11 is 0. The Balaban J connectivity index is 2.45. The van der Waals surface area contributed by atoms with Gasteiger partial charge in [-0.2, -0.15) is 0 Å². The maximum absolute atomic E-state index is 12.0. The van der Waals surface area contributed by atoms with Gasteiger partial charge in [0.25, 0.3) is 0 Å². The van der Waals surface area contributed by atoms with Crippen LogP contribution in [0.3, 0.4) is 0 Å². The van der Waals surface area contributed by atoms with Crippen LogP contribution in [0.15, 0.2) is 23.1 Å². The van der Waals surface area contributed by atoms with Crippen LogP contribution in [0.1, 0.15) is 44.1 Å². The van der Waals surface area contributed by atoms with Crippen LogP contribution >= 0.6 is 0 Å². The average Bonchev–Trinajstić information content (AvgIpc) is 2.82. The molecule has 0 bridgehead atoms. The van der Waals surface area contributed by atoms with Gasteiger partial charge in [0.15, 0.2) is 9.84 Å². The number of sulfone groups is 1. The first-order valence-corrected chi connectivity index (χ1v) is 7.53. The Labute approximate surface area is 97.6 Å². The second-order valence-electron chi connectivity index (χ2n) is 4.33. The highest BCUT2D eigenvalue weighted by Crippen LogP contribution is 2.36. The van der Waals surface area contributed by atoms with Gasteiger partial charge in [-0.05, 0) is 36.5 Å². The van der Waals surface area contributed by atoms with E-state index in [-0.39, 0.29) is 5.75 Å². The van der Waals surface area contributed by atoms with Crippen molar-refractivity contribution >= 4 is 9.84 Å². The molecule has 0 unspecified atom stereocenters. The Bertz CT molecular complexity index is 457. The maximum atomic E-state index is 12.0. The molecule has 0 amide bonds. The van der Waals surface area contributed by atoms with E-state index in [0.717, 1.165) is 18.4 Å². The van der Waals surface area contributed by atoms with Crippen LogP contribution in [-0.2, 0) is 9.84 Å². The van der Waals surface area contributed by atoms with Crippen molar-refractivity contribution in [3.63, 3.8) is 0 Å². The highest BCUT2D eigenvalue weighted by atomic mass is 32.2. The van der Waals surface area contributed by atoms with Crippen molar-refractivity contribution in [2.75, 3.05) is 5.75 Å². The van der Waals surface area contributed by atoms with Crippen molar-refractivity contribution in [3.05, 3.63) is 29.8 Å². The zero-order chi connectivity index (χ0) is 11.6. The van der Waals surface area contributed by atoms with Gasteiger partial charge in [-0.1, -0.05) is 31.9 Å². The fourth-order valence-corrected chi connectivity index (χ4v) is 3.55. The molecular weight excluding hydrogens is 220 g/mol. The summed E-state index contributed by atoms with van der Waals surface area (Å²) in [7, 11) is -3.10. The average molecular weight is 237 g/mol. The molecule has 0 spiro atoms. The highest BCUT2D eigenvalue weighted by molar-refractivity contribution is 7.91. The predicted molar refractivity (Wildman–Crippen MR) is 64.2 cm³/mol. The van der Waals surface area contributed by atoms with E-state index in [1.165, 1.54) is 12.8 Å². The van der Waals surface area contributed by atoms with Crippen LogP contribution in [-0.4, -0.2) is 14.2 Å². The molecule has 0 aromatic heterocycles. The Morgan fingerprint density at radius 2 is 2.06 bits per heavy atom. The summed E-state index contributed by atoms with van der Waals surface area (Å²) in [6.45, 7) is 1.70. The molecule has 1 aliphatic rings. The van der Waals surface area contributed by atoms with Crippen molar-refractivity contribution in [3.8, 4) is 0 Å². The van der Waals surface area contributed by atoms with Crippen LogP contribution in [0.4, 0.5) is 0 Å². The number of benzene rings is 1. The van der Waals surface area contributed by atoms with E-state index >= 15 is 0 Å². The van der Waals surface area contributed by atoms with Gasteiger partial charge < -0.3 is 0 Å². The summed E-state index contributed by atoms with van der Waals surface area (Å²) < 4.78 is 23.9. The SMILES string of the molecule is CCS(=O)(=O)c1ccc[c]c1C1CCCC1. The summed E-state index contributed by atoms with van der Waals surface area (Å²) in [6.07, 6.45) is 4.62. The van der Waals surface area contributed by atoms with Crippen molar-refractivity contribution in [1.29, 1.82) is 0 Å². The zero-order valence-electron chi connectivity index (χ0n) is 9.57. The molecule has 1 aromatic carbocycles. The number of rotatable bonds is 3. The first kappa shape index (κ1) is 11.6. The van der Waals surface area contributed by atoms with Crippen molar-refractivity contribution in [1.82, 2.24) is 0 Å². The van der Waals surface area contributed by atoms with Crippen LogP contribution in [0.5, 0.6) is 0 Å². The molecule has 0 saturated heterocycles. The van der Waals surface area contributed by atoms with E-state index in [1.54, 1.807) is 19.1 Å². The lowest BCUT2D eigenvalue weighted by Gasteiger charge is -2.14. The van der Waals surface area contributed by atoms with Gasteiger partial charge in [0.2, 0.25) is 0 Å². The second-order valence-corrected chi connectivity index (χ2v) is 6.58. The molecule has 1 radical (unpaired) electrons. The van der Waals surface area contributed by atoms with Gasteiger partial charge in [-0.25, -0.2) is 8.42 Å². The van der Waals surface area contributed by atoms with Gasteiger partial charge in [0.05, 0.1) is 10.6 Å². The van der Waals surface area contributed by atoms with Crippen LogP contribution in [0.2, 0.25) is 0 Å². The molecule has 0 N–H and O–H groups in total. The van der Waals surface area contributed by atoms with Crippen LogP contribution < -0.4 is 0 Å². The largest absolute Gasteiger partial charge is 0.224 e. The molecule has 16 heavy (non-hydrogen) atoms. The minimum absolute atomic E-state index is 0.171. The normalized spacial score (nSPS) is 17.8. The Hall–Kier alpha value is -0.830. The molecule has 0 heterocycles. The fraction of sp³-hybridized carbons (Fsp3) is 0.538. The molecule has 0 aliphatic heterocycles. The Morgan fingerprint density at radius 3 is 2.69 bits per heavy atom. The van der Waals surface area contributed by atoms with Crippen LogP contribution in [0.25, 0.3) is 0 Å². The van der Waals surface area contributed by atoms with E-state index in [4.69, 9.17) is 0 Å². The summed E-state index contributed by atoms with van der Waals surface area (Å²) in [5.41, 5.74) is 0.918. The predicted octanol–water partition coefficient (Wildman–Crippen LogP) is 2.94. The van der Waals surface area contributed by atoms with E-state index in [1.807, 2.05) is 6.07 Å². The van der Waals surface area contributed by atoms with E-state index in [0.29, 0.717) is 10.8 Å². The maximum Gasteiger partial charge on any atom is 0.178 e. The molecule has 0 atom stereocenters. The summed E-state index contributed by atoms with van der Waals surface area (Å²) in [6, 6.07) is 8.45. The quantitative estimate of drug-likeness (QED) is 0.810. The lowest BCUT2D eigenvalue weighted by Crippen LogP contribution is -2.09. The van der Waals surface area contributed by atoms with Gasteiger partial charge in [-0.15, -0.1) is 0 Å². The van der Waals surface area contributed by atoms with Gasteiger partial charge >= 0.3 is 0 Å². The zero-order valence-corrected chi connectivity index (χ0v) is 10.4. The molecule has 3 heteroatoms. The first-order valence-electron chi connectivity index (χ1n) is 5.88. The molecule has 2 rings (SSSR count). The number of hydrogen-bond acceptors (Lipinski definition) is 2. The monoisotopic (exact) mass is 237 g/mol. The van der Waals surface area contributed by atoms with Crippen molar-refractivity contribution in [2.45, 2.75) is 43.4 Å². The van der Waals surface area contributed by atoms with Crippen molar-refractivity contribution in [2.24, 2.45) is 0 Å². The Kier molecular flexibility index (Phi) is 3.33. The third kappa shape index (κ3) is 2.14. The summed E-state index contributed by atoms with van der Waals surface area (Å²) in [4.78, 5) is 0.504. The fourth-order valence-electron chi connectivity index (χ4n) is 2.39. The third-order valence-electron chi connectivity index (χ3n) is 3.33. The smallest absolute Gasteiger partial charge is 0.178 e. The lowest BCUT2D eigenvalue weighted by molar-refractivity contribution is 0.593. The third-order valence-corrected chi connectivity index (χ3v) is 5.11. The van der Waals surface area contributed by atoms with E-state index in [9.17, 15) is 8.42 Å². The van der Waals surface area contributed by atoms with E-state index < -0.39 is 9.84 Å². The van der Waals surface area contributed by atoms with E-state index in [2.05, 4.69) is 6.07 Å². The molecule has 1 fully saturated rings. The number of hydrogen-bond donors (Lipinski definition) is 0. The van der Waals surface area contributed by atoms with Gasteiger partial charge in [0, 0.05) is 0 Å². The summed E-state index contributed by atoms with van der Waals surface area (Å²) in [5.74, 6) is 0.572. The highest BCUT2D eigenvalue weighted by Gasteiger charge is 2.24. The topological polar surface area (TPSA) is 34.1 Å². The van der Waals surface area contributed by atoms with Gasteiger partial charge in [0.1, 0.15) is 0 Å². The molecule has 1 aromatic rings. The molecule has 87 valence electrons. The minimum Gasteiger partial charge on any atom is -0.224 e. The second kappa shape index (κ2) is 4.58. The molecule has 1 aliphatic carbocycles. The van der Waals surface area contributed by atoms with Crippen molar-refractivity contribution < 1.29 is 8.42 Å². The first-order chi connectivity index (χ1) is 7.65. The van der Waals surface area contributed by atoms with Crippen LogP contribution in [0, 0.1) is 6.07 Å². The summed E-state index contributed by atoms with van der Waals surface area (Å²) in [5, 5.41) is 0. The Morgan fingerprint density at radius 1 is 1.38 bits per heavy atom. The lowest BCUT2D eigenvalue weighted by atomic mass is 9.98. The molecular formula is C13H17O2S.